The van der Waals surface area contributed by atoms with Gasteiger partial charge in [0.05, 0.1) is 0 Å². The summed E-state index contributed by atoms with van der Waals surface area (Å²) in [6.07, 6.45) is 20.2. The van der Waals surface area contributed by atoms with Gasteiger partial charge in [-0.15, -0.1) is 0 Å². The standard InChI is InChI=1S/C35H51NO/c1-5-8-9-10-11-12-13-14-28-15-18-31(19-16-28)32-20-22-33(23-21-32)34-24-17-29(27-30(34)6-2)25-26-36(4)35(37)7-3/h7,17,20-24,27-28,31H,3,5-6,8-16,18-19,25-26H2,1-2,4H3. The van der Waals surface area contributed by atoms with Crippen LogP contribution in [-0.2, 0) is 17.6 Å². The first kappa shape index (κ1) is 29.2. The normalized spacial score (nSPS) is 17.5. The van der Waals surface area contributed by atoms with Crippen molar-refractivity contribution in [1.82, 2.24) is 4.90 Å². The molecule has 202 valence electrons. The molecule has 1 fully saturated rings. The second-order valence-corrected chi connectivity index (χ2v) is 11.3. The zero-order valence-electron chi connectivity index (χ0n) is 23.9. The molecule has 1 amide bonds. The van der Waals surface area contributed by atoms with E-state index in [-0.39, 0.29) is 5.91 Å². The van der Waals surface area contributed by atoms with Crippen LogP contribution in [0.2, 0.25) is 0 Å². The Hall–Kier alpha value is -2.35. The number of carbonyl (C=O) groups is 1. The van der Waals surface area contributed by atoms with Crippen molar-refractivity contribution in [1.29, 1.82) is 0 Å². The van der Waals surface area contributed by atoms with Crippen molar-refractivity contribution in [2.75, 3.05) is 13.6 Å². The number of amides is 1. The van der Waals surface area contributed by atoms with Crippen molar-refractivity contribution in [3.05, 3.63) is 71.8 Å². The van der Waals surface area contributed by atoms with Crippen LogP contribution in [0.5, 0.6) is 0 Å². The van der Waals surface area contributed by atoms with Crippen LogP contribution in [0.4, 0.5) is 0 Å². The predicted octanol–water partition coefficient (Wildman–Crippen LogP) is 9.52. The van der Waals surface area contributed by atoms with E-state index in [0.29, 0.717) is 6.54 Å². The summed E-state index contributed by atoms with van der Waals surface area (Å²) < 4.78 is 0. The molecule has 37 heavy (non-hydrogen) atoms. The second-order valence-electron chi connectivity index (χ2n) is 11.3. The van der Waals surface area contributed by atoms with Crippen molar-refractivity contribution in [3.8, 4) is 11.1 Å². The van der Waals surface area contributed by atoms with Gasteiger partial charge in [0.1, 0.15) is 0 Å². The quantitative estimate of drug-likeness (QED) is 0.176. The van der Waals surface area contributed by atoms with Gasteiger partial charge >= 0.3 is 0 Å². The summed E-state index contributed by atoms with van der Waals surface area (Å²) in [5.41, 5.74) is 6.86. The number of hydrogen-bond acceptors (Lipinski definition) is 1. The van der Waals surface area contributed by atoms with Crippen molar-refractivity contribution < 1.29 is 4.79 Å². The van der Waals surface area contributed by atoms with Crippen LogP contribution in [0.25, 0.3) is 11.1 Å². The summed E-state index contributed by atoms with van der Waals surface area (Å²) in [5, 5.41) is 0. The first-order valence-electron chi connectivity index (χ1n) is 15.1. The number of carbonyl (C=O) groups excluding carboxylic acids is 1. The molecule has 0 radical (unpaired) electrons. The van der Waals surface area contributed by atoms with Gasteiger partial charge in [-0.25, -0.2) is 0 Å². The third kappa shape index (κ3) is 9.16. The molecule has 2 aromatic carbocycles. The second kappa shape index (κ2) is 15.8. The Morgan fingerprint density at radius 3 is 2.24 bits per heavy atom. The van der Waals surface area contributed by atoms with Crippen LogP contribution in [0.1, 0.15) is 114 Å². The van der Waals surface area contributed by atoms with E-state index in [4.69, 9.17) is 0 Å². The Morgan fingerprint density at radius 1 is 0.919 bits per heavy atom. The molecular weight excluding hydrogens is 450 g/mol. The van der Waals surface area contributed by atoms with Crippen molar-refractivity contribution in [2.45, 2.75) is 110 Å². The minimum atomic E-state index is -0.0194. The fourth-order valence-corrected chi connectivity index (χ4v) is 6.05. The van der Waals surface area contributed by atoms with Crippen LogP contribution in [-0.4, -0.2) is 24.4 Å². The van der Waals surface area contributed by atoms with Crippen LogP contribution in [0.3, 0.4) is 0 Å². The predicted molar refractivity (Wildman–Crippen MR) is 160 cm³/mol. The molecule has 0 heterocycles. The van der Waals surface area contributed by atoms with Crippen molar-refractivity contribution >= 4 is 5.91 Å². The average molecular weight is 502 g/mol. The lowest BCUT2D eigenvalue weighted by atomic mass is 9.77. The lowest BCUT2D eigenvalue weighted by molar-refractivity contribution is -0.124. The highest BCUT2D eigenvalue weighted by Crippen LogP contribution is 2.38. The number of likely N-dealkylation sites (N-methyl/N-ethyl adjacent to an activating group) is 1. The maximum atomic E-state index is 11.8. The number of hydrogen-bond donors (Lipinski definition) is 0. The smallest absolute Gasteiger partial charge is 0.245 e. The molecule has 0 atom stereocenters. The van der Waals surface area contributed by atoms with Crippen LogP contribution >= 0.6 is 0 Å². The van der Waals surface area contributed by atoms with Crippen molar-refractivity contribution in [3.63, 3.8) is 0 Å². The summed E-state index contributed by atoms with van der Waals surface area (Å²) in [7, 11) is 1.84. The molecule has 0 spiro atoms. The fourth-order valence-electron chi connectivity index (χ4n) is 6.05. The monoisotopic (exact) mass is 501 g/mol. The molecule has 2 aromatic rings. The molecule has 1 aliphatic carbocycles. The Kier molecular flexibility index (Phi) is 12.5. The van der Waals surface area contributed by atoms with E-state index in [2.05, 4.69) is 62.9 Å². The number of benzene rings is 2. The molecule has 3 rings (SSSR count). The molecule has 0 bridgehead atoms. The molecular formula is C35H51NO. The van der Waals surface area contributed by atoms with Gasteiger partial charge in [0.25, 0.3) is 0 Å². The fraction of sp³-hybridized carbons (Fsp3) is 0.571. The van der Waals surface area contributed by atoms with E-state index >= 15 is 0 Å². The van der Waals surface area contributed by atoms with E-state index in [9.17, 15) is 4.79 Å². The summed E-state index contributed by atoms with van der Waals surface area (Å²) in [6, 6.07) is 16.3. The van der Waals surface area contributed by atoms with Crippen LogP contribution < -0.4 is 0 Å². The summed E-state index contributed by atoms with van der Waals surface area (Å²) in [4.78, 5) is 13.5. The molecule has 0 saturated heterocycles. The largest absolute Gasteiger partial charge is 0.342 e. The molecule has 0 aliphatic heterocycles. The Balaban J connectivity index is 1.48. The van der Waals surface area contributed by atoms with Crippen molar-refractivity contribution in [2.24, 2.45) is 5.92 Å². The highest BCUT2D eigenvalue weighted by Gasteiger charge is 2.22. The summed E-state index contributed by atoms with van der Waals surface area (Å²) in [5.74, 6) is 1.68. The lowest BCUT2D eigenvalue weighted by Crippen LogP contribution is -2.26. The maximum absolute atomic E-state index is 11.8. The van der Waals surface area contributed by atoms with Gasteiger partial charge in [-0.05, 0) is 84.3 Å². The summed E-state index contributed by atoms with van der Waals surface area (Å²) in [6.45, 7) is 8.82. The minimum absolute atomic E-state index is 0.0194. The number of nitrogens with zero attached hydrogens (tertiary/aromatic N) is 1. The van der Waals surface area contributed by atoms with Gasteiger partial charge in [0.15, 0.2) is 0 Å². The molecule has 0 aromatic heterocycles. The van der Waals surface area contributed by atoms with E-state index in [1.54, 1.807) is 4.90 Å². The molecule has 2 nitrogen and oxygen atoms in total. The van der Waals surface area contributed by atoms with Gasteiger partial charge in [-0.1, -0.05) is 114 Å². The third-order valence-electron chi connectivity index (χ3n) is 8.59. The van der Waals surface area contributed by atoms with Gasteiger partial charge in [-0.2, -0.15) is 0 Å². The molecule has 0 unspecified atom stereocenters. The van der Waals surface area contributed by atoms with Gasteiger partial charge < -0.3 is 4.90 Å². The topological polar surface area (TPSA) is 20.3 Å². The molecule has 1 saturated carbocycles. The van der Waals surface area contributed by atoms with Gasteiger partial charge in [0, 0.05) is 13.6 Å². The van der Waals surface area contributed by atoms with Crippen LogP contribution in [0.15, 0.2) is 55.1 Å². The molecule has 2 heteroatoms. The van der Waals surface area contributed by atoms with E-state index in [1.165, 1.54) is 111 Å². The van der Waals surface area contributed by atoms with E-state index in [0.717, 1.165) is 24.7 Å². The number of aryl methyl sites for hydroxylation is 1. The Bertz CT molecular complexity index is 952. The Labute approximate surface area is 227 Å². The zero-order chi connectivity index (χ0) is 26.5. The maximum Gasteiger partial charge on any atom is 0.245 e. The summed E-state index contributed by atoms with van der Waals surface area (Å²) >= 11 is 0. The zero-order valence-corrected chi connectivity index (χ0v) is 23.9. The Morgan fingerprint density at radius 2 is 1.59 bits per heavy atom. The average Bonchev–Trinajstić information content (AvgIpc) is 2.95. The molecule has 0 N–H and O–H groups in total. The van der Waals surface area contributed by atoms with Gasteiger partial charge in [-0.3, -0.25) is 4.79 Å². The third-order valence-corrected chi connectivity index (χ3v) is 8.59. The minimum Gasteiger partial charge on any atom is -0.342 e. The van der Waals surface area contributed by atoms with E-state index in [1.807, 2.05) is 7.05 Å². The van der Waals surface area contributed by atoms with Crippen LogP contribution in [0, 0.1) is 5.92 Å². The highest BCUT2D eigenvalue weighted by molar-refractivity contribution is 5.86. The highest BCUT2D eigenvalue weighted by atomic mass is 16.2. The SMILES string of the molecule is C=CC(=O)N(C)CCc1ccc(-c2ccc(C3CCC(CCCCCCCCC)CC3)cc2)c(CC)c1. The first-order valence-corrected chi connectivity index (χ1v) is 15.1. The number of rotatable bonds is 15. The molecule has 1 aliphatic rings. The first-order chi connectivity index (χ1) is 18.0. The number of unbranched alkanes of at least 4 members (excludes halogenated alkanes) is 6. The van der Waals surface area contributed by atoms with E-state index < -0.39 is 0 Å². The lowest BCUT2D eigenvalue weighted by Gasteiger charge is -2.29. The van der Waals surface area contributed by atoms with Gasteiger partial charge in [0.2, 0.25) is 5.91 Å².